The number of benzene rings is 2. The van der Waals surface area contributed by atoms with Gasteiger partial charge in [-0.25, -0.2) is 0 Å². The normalized spacial score (nSPS) is 10.7. The zero-order valence-corrected chi connectivity index (χ0v) is 17.6. The summed E-state index contributed by atoms with van der Waals surface area (Å²) in [5.41, 5.74) is 2.72. The van der Waals surface area contributed by atoms with E-state index in [-0.39, 0.29) is 11.5 Å². The van der Waals surface area contributed by atoms with Gasteiger partial charge in [-0.1, -0.05) is 37.2 Å². The second-order valence-corrected chi connectivity index (χ2v) is 7.37. The molecule has 0 saturated heterocycles. The number of aromatic nitrogens is 4. The summed E-state index contributed by atoms with van der Waals surface area (Å²) in [6.07, 6.45) is 3.40. The molecule has 1 heterocycles. The predicted molar refractivity (Wildman–Crippen MR) is 112 cm³/mol. The average molecular weight is 413 g/mol. The second kappa shape index (κ2) is 10.1. The Labute approximate surface area is 174 Å². The van der Waals surface area contributed by atoms with Crippen molar-refractivity contribution in [1.82, 2.24) is 20.2 Å². The lowest BCUT2D eigenvalue weighted by molar-refractivity contribution is 0.102. The van der Waals surface area contributed by atoms with E-state index in [0.717, 1.165) is 12.1 Å². The van der Waals surface area contributed by atoms with Crippen LogP contribution in [0.4, 0.5) is 0 Å². The molecule has 2 aromatic carbocycles. The van der Waals surface area contributed by atoms with E-state index in [9.17, 15) is 4.79 Å². The van der Waals surface area contributed by atoms with Crippen LogP contribution in [0.25, 0.3) is 5.69 Å². The van der Waals surface area contributed by atoms with Crippen LogP contribution >= 0.6 is 11.8 Å². The van der Waals surface area contributed by atoms with Gasteiger partial charge in [0.1, 0.15) is 0 Å². The molecule has 3 rings (SSSR count). The standard InChI is InChI=1S/C21H24N4O3S/c1-4-5-6-15-7-10-17(11-8-15)25-21(22-23-24-25)29-14-18(26)16-9-12-19(27-2)20(13-16)28-3/h7-13H,4-6,14H2,1-3H3. The van der Waals surface area contributed by atoms with Crippen LogP contribution in [-0.2, 0) is 6.42 Å². The number of hydrogen-bond donors (Lipinski definition) is 0. The van der Waals surface area contributed by atoms with E-state index in [0.29, 0.717) is 22.2 Å². The van der Waals surface area contributed by atoms with Crippen molar-refractivity contribution in [2.75, 3.05) is 20.0 Å². The molecule has 0 amide bonds. The van der Waals surface area contributed by atoms with E-state index in [2.05, 4.69) is 34.6 Å². The first-order valence-corrected chi connectivity index (χ1v) is 10.4. The van der Waals surface area contributed by atoms with Gasteiger partial charge in [-0.3, -0.25) is 4.79 Å². The average Bonchev–Trinajstić information content (AvgIpc) is 3.24. The summed E-state index contributed by atoms with van der Waals surface area (Å²) >= 11 is 1.30. The zero-order chi connectivity index (χ0) is 20.6. The van der Waals surface area contributed by atoms with Crippen LogP contribution < -0.4 is 9.47 Å². The van der Waals surface area contributed by atoms with Crippen LogP contribution in [0.15, 0.2) is 47.6 Å². The molecular weight excluding hydrogens is 388 g/mol. The molecule has 152 valence electrons. The molecule has 0 unspecified atom stereocenters. The minimum Gasteiger partial charge on any atom is -0.493 e. The largest absolute Gasteiger partial charge is 0.493 e. The molecule has 0 aliphatic carbocycles. The van der Waals surface area contributed by atoms with Crippen LogP contribution in [-0.4, -0.2) is 46.0 Å². The minimum atomic E-state index is -0.0413. The van der Waals surface area contributed by atoms with E-state index in [1.165, 1.54) is 30.2 Å². The first-order chi connectivity index (χ1) is 14.2. The quantitative estimate of drug-likeness (QED) is 0.368. The molecule has 8 heteroatoms. The van der Waals surface area contributed by atoms with Crippen molar-refractivity contribution in [2.24, 2.45) is 0 Å². The smallest absolute Gasteiger partial charge is 0.214 e. The highest BCUT2D eigenvalue weighted by Crippen LogP contribution is 2.28. The van der Waals surface area contributed by atoms with Crippen LogP contribution in [0.3, 0.4) is 0 Å². The topological polar surface area (TPSA) is 79.1 Å². The number of carbonyl (C=O) groups excluding carboxylic acids is 1. The summed E-state index contributed by atoms with van der Waals surface area (Å²) in [6, 6.07) is 13.3. The predicted octanol–water partition coefficient (Wildman–Crippen LogP) is 4.00. The number of hydrogen-bond acceptors (Lipinski definition) is 7. The fourth-order valence-corrected chi connectivity index (χ4v) is 3.62. The van der Waals surface area contributed by atoms with Crippen molar-refractivity contribution in [2.45, 2.75) is 31.3 Å². The Morgan fingerprint density at radius 1 is 1.07 bits per heavy atom. The van der Waals surface area contributed by atoms with Gasteiger partial charge < -0.3 is 9.47 Å². The number of carbonyl (C=O) groups is 1. The van der Waals surface area contributed by atoms with Crippen molar-refractivity contribution in [3.8, 4) is 17.2 Å². The summed E-state index contributed by atoms with van der Waals surface area (Å²) in [4.78, 5) is 12.6. The fourth-order valence-electron chi connectivity index (χ4n) is 2.84. The Morgan fingerprint density at radius 3 is 2.52 bits per heavy atom. The first-order valence-electron chi connectivity index (χ1n) is 9.42. The summed E-state index contributed by atoms with van der Waals surface area (Å²) in [5.74, 6) is 1.28. The number of thioether (sulfide) groups is 1. The van der Waals surface area contributed by atoms with Gasteiger partial charge >= 0.3 is 0 Å². The summed E-state index contributed by atoms with van der Waals surface area (Å²) < 4.78 is 12.1. The van der Waals surface area contributed by atoms with Crippen LogP contribution in [0.2, 0.25) is 0 Å². The molecule has 0 bridgehead atoms. The van der Waals surface area contributed by atoms with Gasteiger partial charge in [0.2, 0.25) is 5.16 Å². The molecular formula is C21H24N4O3S. The molecule has 0 aliphatic heterocycles. The minimum absolute atomic E-state index is 0.0413. The number of unbranched alkanes of at least 4 members (excludes halogenated alkanes) is 1. The van der Waals surface area contributed by atoms with Crippen molar-refractivity contribution in [3.63, 3.8) is 0 Å². The highest BCUT2D eigenvalue weighted by molar-refractivity contribution is 7.99. The van der Waals surface area contributed by atoms with E-state index < -0.39 is 0 Å². The lowest BCUT2D eigenvalue weighted by Gasteiger charge is -2.09. The van der Waals surface area contributed by atoms with Gasteiger partial charge in [0.05, 0.1) is 25.7 Å². The van der Waals surface area contributed by atoms with Gasteiger partial charge in [0.15, 0.2) is 17.3 Å². The van der Waals surface area contributed by atoms with E-state index in [4.69, 9.17) is 9.47 Å². The van der Waals surface area contributed by atoms with Crippen molar-refractivity contribution >= 4 is 17.5 Å². The van der Waals surface area contributed by atoms with Gasteiger partial charge in [-0.2, -0.15) is 4.68 Å². The molecule has 0 fully saturated rings. The fraction of sp³-hybridized carbons (Fsp3) is 0.333. The number of ketones is 1. The SMILES string of the molecule is CCCCc1ccc(-n2nnnc2SCC(=O)c2ccc(OC)c(OC)c2)cc1. The number of ether oxygens (including phenoxy) is 2. The lowest BCUT2D eigenvalue weighted by atomic mass is 10.1. The monoisotopic (exact) mass is 412 g/mol. The maximum atomic E-state index is 12.6. The van der Waals surface area contributed by atoms with Crippen LogP contribution in [0.1, 0.15) is 35.7 Å². The van der Waals surface area contributed by atoms with Gasteiger partial charge in [0.25, 0.3) is 0 Å². The first kappa shape index (κ1) is 20.9. The maximum Gasteiger partial charge on any atom is 0.214 e. The van der Waals surface area contributed by atoms with E-state index in [1.807, 2.05) is 12.1 Å². The van der Waals surface area contributed by atoms with Crippen molar-refractivity contribution in [3.05, 3.63) is 53.6 Å². The summed E-state index contributed by atoms with van der Waals surface area (Å²) in [7, 11) is 3.11. The number of Topliss-reactive ketones (excluding diaryl/α,β-unsaturated/α-hetero) is 1. The molecule has 0 saturated carbocycles. The van der Waals surface area contributed by atoms with E-state index >= 15 is 0 Å². The molecule has 0 aliphatic rings. The summed E-state index contributed by atoms with van der Waals surface area (Å²) in [5, 5.41) is 12.5. The number of aryl methyl sites for hydroxylation is 1. The molecule has 0 radical (unpaired) electrons. The van der Waals surface area contributed by atoms with Gasteiger partial charge in [-0.05, 0) is 59.2 Å². The Hall–Kier alpha value is -2.87. The molecule has 0 spiro atoms. The third-order valence-electron chi connectivity index (χ3n) is 4.48. The summed E-state index contributed by atoms with van der Waals surface area (Å²) in [6.45, 7) is 2.18. The van der Waals surface area contributed by atoms with Crippen molar-refractivity contribution < 1.29 is 14.3 Å². The maximum absolute atomic E-state index is 12.6. The number of rotatable bonds is 10. The highest BCUT2D eigenvalue weighted by atomic mass is 32.2. The molecule has 3 aromatic rings. The Morgan fingerprint density at radius 2 is 1.83 bits per heavy atom. The van der Waals surface area contributed by atoms with Crippen molar-refractivity contribution in [1.29, 1.82) is 0 Å². The number of nitrogens with zero attached hydrogens (tertiary/aromatic N) is 4. The Kier molecular flexibility index (Phi) is 7.24. The lowest BCUT2D eigenvalue weighted by Crippen LogP contribution is -2.05. The highest BCUT2D eigenvalue weighted by Gasteiger charge is 2.15. The Bertz CT molecular complexity index is 957. The third kappa shape index (κ3) is 5.14. The molecule has 29 heavy (non-hydrogen) atoms. The van der Waals surface area contributed by atoms with Gasteiger partial charge in [0, 0.05) is 5.56 Å². The number of methoxy groups -OCH3 is 2. The molecule has 0 atom stereocenters. The zero-order valence-electron chi connectivity index (χ0n) is 16.8. The second-order valence-electron chi connectivity index (χ2n) is 6.42. The number of tetrazole rings is 1. The third-order valence-corrected chi connectivity index (χ3v) is 5.40. The molecule has 7 nitrogen and oxygen atoms in total. The van der Waals surface area contributed by atoms with Crippen LogP contribution in [0, 0.1) is 0 Å². The Balaban J connectivity index is 1.68. The van der Waals surface area contributed by atoms with E-state index in [1.54, 1.807) is 37.1 Å². The van der Waals surface area contributed by atoms with Gasteiger partial charge in [-0.15, -0.1) is 5.10 Å². The van der Waals surface area contributed by atoms with Crippen LogP contribution in [0.5, 0.6) is 11.5 Å². The molecule has 0 N–H and O–H groups in total. The molecule has 1 aromatic heterocycles.